The van der Waals surface area contributed by atoms with E-state index in [0.29, 0.717) is 18.4 Å². The molecular weight excluding hydrogens is 396 g/mol. The van der Waals surface area contributed by atoms with Gasteiger partial charge in [0.1, 0.15) is 17.8 Å². The van der Waals surface area contributed by atoms with Gasteiger partial charge in [0.15, 0.2) is 0 Å². The molecular formula is C20H22N2O6S. The number of carbonyl (C=O) groups is 2. The van der Waals surface area contributed by atoms with Crippen LogP contribution >= 0.6 is 0 Å². The molecule has 0 spiro atoms. The summed E-state index contributed by atoms with van der Waals surface area (Å²) in [7, 11) is -3.86. The molecule has 1 aliphatic rings. The average molecular weight is 418 g/mol. The molecule has 0 unspecified atom stereocenters. The smallest absolute Gasteiger partial charge is 0.326 e. The van der Waals surface area contributed by atoms with Gasteiger partial charge in [0, 0.05) is 13.0 Å². The van der Waals surface area contributed by atoms with E-state index in [9.17, 15) is 28.2 Å². The summed E-state index contributed by atoms with van der Waals surface area (Å²) >= 11 is 0. The van der Waals surface area contributed by atoms with Crippen molar-refractivity contribution < 1.29 is 28.2 Å². The van der Waals surface area contributed by atoms with E-state index in [-0.39, 0.29) is 23.6 Å². The number of carboxylic acid groups (broad SMARTS) is 1. The van der Waals surface area contributed by atoms with Gasteiger partial charge in [0.2, 0.25) is 15.9 Å². The van der Waals surface area contributed by atoms with Crippen molar-refractivity contribution in [2.24, 2.45) is 0 Å². The predicted molar refractivity (Wildman–Crippen MR) is 105 cm³/mol. The number of hydrogen-bond donors (Lipinski definition) is 3. The molecule has 1 fully saturated rings. The van der Waals surface area contributed by atoms with E-state index in [1.165, 1.54) is 24.3 Å². The lowest BCUT2D eigenvalue weighted by Gasteiger charge is -2.25. The first-order chi connectivity index (χ1) is 13.8. The molecule has 9 heteroatoms. The zero-order chi connectivity index (χ0) is 21.0. The number of nitrogens with zero attached hydrogens (tertiary/aromatic N) is 1. The second-order valence-electron chi connectivity index (χ2n) is 6.86. The molecule has 3 N–H and O–H groups in total. The minimum atomic E-state index is -3.86. The summed E-state index contributed by atoms with van der Waals surface area (Å²) in [6.07, 6.45) is 0.850. The highest BCUT2D eigenvalue weighted by Gasteiger charge is 2.40. The van der Waals surface area contributed by atoms with Crippen LogP contribution in [0.4, 0.5) is 0 Å². The first kappa shape index (κ1) is 20.8. The molecule has 0 bridgehead atoms. The molecule has 0 aromatic heterocycles. The van der Waals surface area contributed by atoms with Crippen molar-refractivity contribution in [3.8, 4) is 5.75 Å². The number of nitrogens with one attached hydrogen (secondary N) is 1. The van der Waals surface area contributed by atoms with Gasteiger partial charge in [-0.25, -0.2) is 13.2 Å². The molecule has 1 heterocycles. The standard InChI is InChI=1S/C20H22N2O6S/c23-15-10-8-14(9-11-15)13-17(20(25)26)21-19(24)18-7-4-12-22(18)29(27,28)16-5-2-1-3-6-16/h1-3,5-6,8-11,17-18,23H,4,7,12-13H2,(H,21,24)(H,25,26)/t17-,18+/m0/s1. The van der Waals surface area contributed by atoms with Crippen LogP contribution in [-0.2, 0) is 26.0 Å². The van der Waals surface area contributed by atoms with Crippen LogP contribution in [0.15, 0.2) is 59.5 Å². The SMILES string of the molecule is O=C(O)[C@H](Cc1ccc(O)cc1)NC(=O)[C@H]1CCCN1S(=O)(=O)c1ccccc1. The summed E-state index contributed by atoms with van der Waals surface area (Å²) in [4.78, 5) is 24.5. The Morgan fingerprint density at radius 3 is 2.38 bits per heavy atom. The molecule has 2 atom stereocenters. The lowest BCUT2D eigenvalue weighted by atomic mass is 10.1. The number of aliphatic carboxylic acids is 1. The monoisotopic (exact) mass is 418 g/mol. The average Bonchev–Trinajstić information content (AvgIpc) is 3.20. The zero-order valence-corrected chi connectivity index (χ0v) is 16.4. The van der Waals surface area contributed by atoms with E-state index in [4.69, 9.17) is 0 Å². The highest BCUT2D eigenvalue weighted by Crippen LogP contribution is 2.26. The van der Waals surface area contributed by atoms with Gasteiger partial charge < -0.3 is 15.5 Å². The number of carboxylic acids is 1. The van der Waals surface area contributed by atoms with E-state index < -0.39 is 34.0 Å². The molecule has 0 aliphatic carbocycles. The van der Waals surface area contributed by atoms with E-state index >= 15 is 0 Å². The maximum Gasteiger partial charge on any atom is 0.326 e. The van der Waals surface area contributed by atoms with Crippen molar-refractivity contribution in [1.29, 1.82) is 0 Å². The minimum Gasteiger partial charge on any atom is -0.508 e. The number of carbonyl (C=O) groups excluding carboxylic acids is 1. The fourth-order valence-electron chi connectivity index (χ4n) is 3.35. The Labute approximate surface area is 168 Å². The Morgan fingerprint density at radius 1 is 1.10 bits per heavy atom. The Hall–Kier alpha value is -2.91. The van der Waals surface area contributed by atoms with Gasteiger partial charge in [0.25, 0.3) is 0 Å². The number of aromatic hydroxyl groups is 1. The molecule has 2 aromatic rings. The van der Waals surface area contributed by atoms with Crippen LogP contribution in [-0.4, -0.2) is 53.4 Å². The van der Waals surface area contributed by atoms with Gasteiger partial charge in [-0.15, -0.1) is 0 Å². The molecule has 154 valence electrons. The Bertz CT molecular complexity index is 976. The zero-order valence-electron chi connectivity index (χ0n) is 15.6. The summed E-state index contributed by atoms with van der Waals surface area (Å²) in [5, 5.41) is 21.3. The topological polar surface area (TPSA) is 124 Å². The number of rotatable bonds is 7. The van der Waals surface area contributed by atoms with Crippen molar-refractivity contribution in [3.63, 3.8) is 0 Å². The second-order valence-corrected chi connectivity index (χ2v) is 8.75. The fourth-order valence-corrected chi connectivity index (χ4v) is 5.03. The summed E-state index contributed by atoms with van der Waals surface area (Å²) < 4.78 is 26.9. The van der Waals surface area contributed by atoms with Crippen LogP contribution in [0.5, 0.6) is 5.75 Å². The van der Waals surface area contributed by atoms with Crippen LogP contribution in [0.2, 0.25) is 0 Å². The first-order valence-corrected chi connectivity index (χ1v) is 10.6. The predicted octanol–water partition coefficient (Wildman–Crippen LogP) is 1.36. The van der Waals surface area contributed by atoms with E-state index in [1.54, 1.807) is 30.3 Å². The molecule has 0 radical (unpaired) electrons. The Morgan fingerprint density at radius 2 is 1.76 bits per heavy atom. The third-order valence-corrected chi connectivity index (χ3v) is 6.77. The first-order valence-electron chi connectivity index (χ1n) is 9.17. The van der Waals surface area contributed by atoms with Crippen LogP contribution in [0.25, 0.3) is 0 Å². The van der Waals surface area contributed by atoms with E-state index in [1.807, 2.05) is 0 Å². The number of sulfonamides is 1. The van der Waals surface area contributed by atoms with Gasteiger partial charge >= 0.3 is 5.97 Å². The maximum absolute atomic E-state index is 12.9. The van der Waals surface area contributed by atoms with Gasteiger partial charge in [-0.3, -0.25) is 4.79 Å². The van der Waals surface area contributed by atoms with Crippen molar-refractivity contribution in [2.75, 3.05) is 6.54 Å². The third kappa shape index (κ3) is 4.75. The van der Waals surface area contributed by atoms with Gasteiger partial charge in [-0.05, 0) is 42.7 Å². The van der Waals surface area contributed by atoms with Crippen LogP contribution in [0.1, 0.15) is 18.4 Å². The summed E-state index contributed by atoms with van der Waals surface area (Å²) in [5.41, 5.74) is 0.621. The van der Waals surface area contributed by atoms with Gasteiger partial charge in [-0.1, -0.05) is 30.3 Å². The van der Waals surface area contributed by atoms with Crippen LogP contribution in [0.3, 0.4) is 0 Å². The lowest BCUT2D eigenvalue weighted by molar-refractivity contribution is -0.142. The molecule has 0 saturated carbocycles. The number of hydrogen-bond acceptors (Lipinski definition) is 5. The van der Waals surface area contributed by atoms with Crippen molar-refractivity contribution in [3.05, 3.63) is 60.2 Å². The quantitative estimate of drug-likeness (QED) is 0.624. The number of phenolic OH excluding ortho intramolecular Hbond substituents is 1. The largest absolute Gasteiger partial charge is 0.508 e. The summed E-state index contributed by atoms with van der Waals surface area (Å²) in [6, 6.07) is 11.7. The fraction of sp³-hybridized carbons (Fsp3) is 0.300. The highest BCUT2D eigenvalue weighted by molar-refractivity contribution is 7.89. The summed E-state index contributed by atoms with van der Waals surface area (Å²) in [5.74, 6) is -1.80. The van der Waals surface area contributed by atoms with Crippen LogP contribution in [0, 0.1) is 0 Å². The third-order valence-electron chi connectivity index (χ3n) is 4.85. The van der Waals surface area contributed by atoms with E-state index in [2.05, 4.69) is 5.32 Å². The molecule has 1 saturated heterocycles. The van der Waals surface area contributed by atoms with Gasteiger partial charge in [0.05, 0.1) is 4.90 Å². The lowest BCUT2D eigenvalue weighted by Crippen LogP contribution is -2.51. The van der Waals surface area contributed by atoms with Crippen molar-refractivity contribution in [2.45, 2.75) is 36.2 Å². The Kier molecular flexibility index (Phi) is 6.19. The number of phenols is 1. The number of amides is 1. The Balaban J connectivity index is 1.75. The maximum atomic E-state index is 12.9. The van der Waals surface area contributed by atoms with Crippen molar-refractivity contribution >= 4 is 21.9 Å². The molecule has 8 nitrogen and oxygen atoms in total. The van der Waals surface area contributed by atoms with Crippen molar-refractivity contribution in [1.82, 2.24) is 9.62 Å². The summed E-state index contributed by atoms with van der Waals surface area (Å²) in [6.45, 7) is 0.199. The molecule has 29 heavy (non-hydrogen) atoms. The molecule has 3 rings (SSSR count). The minimum absolute atomic E-state index is 0.0134. The van der Waals surface area contributed by atoms with E-state index in [0.717, 1.165) is 4.31 Å². The highest BCUT2D eigenvalue weighted by atomic mass is 32.2. The molecule has 1 amide bonds. The second kappa shape index (κ2) is 8.62. The molecule has 2 aromatic carbocycles. The normalized spacial score (nSPS) is 18.3. The number of benzene rings is 2. The van der Waals surface area contributed by atoms with Gasteiger partial charge in [-0.2, -0.15) is 4.31 Å². The molecule has 1 aliphatic heterocycles. The van der Waals surface area contributed by atoms with Crippen LogP contribution < -0.4 is 5.32 Å².